The Morgan fingerprint density at radius 1 is 1.09 bits per heavy atom. The lowest BCUT2D eigenvalue weighted by Gasteiger charge is -2.11. The fourth-order valence-electron chi connectivity index (χ4n) is 3.73. The van der Waals surface area contributed by atoms with Gasteiger partial charge in [-0.2, -0.15) is 5.10 Å². The molecular formula is C18H21N3O. The summed E-state index contributed by atoms with van der Waals surface area (Å²) in [5.41, 5.74) is 4.05. The molecule has 0 unspecified atom stereocenters. The molecule has 1 aromatic heterocycles. The van der Waals surface area contributed by atoms with Gasteiger partial charge >= 0.3 is 0 Å². The van der Waals surface area contributed by atoms with Crippen LogP contribution in [0.4, 0.5) is 0 Å². The Bertz CT molecular complexity index is 684. The van der Waals surface area contributed by atoms with Crippen molar-refractivity contribution in [1.82, 2.24) is 15.1 Å². The summed E-state index contributed by atoms with van der Waals surface area (Å²) in [5, 5.41) is 7.82. The second kappa shape index (κ2) is 5.59. The molecule has 2 aromatic rings. The van der Waals surface area contributed by atoms with Gasteiger partial charge in [-0.1, -0.05) is 31.0 Å². The third-order valence-electron chi connectivity index (χ3n) is 4.84. The Hall–Kier alpha value is -2.10. The lowest BCUT2D eigenvalue weighted by Crippen LogP contribution is -2.33. The van der Waals surface area contributed by atoms with Crippen LogP contribution in [0.5, 0.6) is 0 Å². The first-order valence-electron chi connectivity index (χ1n) is 8.30. The van der Waals surface area contributed by atoms with Gasteiger partial charge in [0.1, 0.15) is 0 Å². The summed E-state index contributed by atoms with van der Waals surface area (Å²) < 4.78 is 1.96. The normalized spacial score (nSPS) is 17.6. The van der Waals surface area contributed by atoms with Gasteiger partial charge in [0.15, 0.2) is 5.69 Å². The maximum absolute atomic E-state index is 12.6. The molecule has 0 atom stereocenters. The van der Waals surface area contributed by atoms with Gasteiger partial charge in [0, 0.05) is 17.3 Å². The van der Waals surface area contributed by atoms with Crippen LogP contribution in [0, 0.1) is 0 Å². The maximum atomic E-state index is 12.6. The first kappa shape index (κ1) is 13.6. The molecule has 22 heavy (non-hydrogen) atoms. The summed E-state index contributed by atoms with van der Waals surface area (Å²) in [5.74, 6) is 0.0136. The molecule has 0 radical (unpaired) electrons. The van der Waals surface area contributed by atoms with Gasteiger partial charge in [0.05, 0.1) is 5.69 Å². The smallest absolute Gasteiger partial charge is 0.272 e. The van der Waals surface area contributed by atoms with Gasteiger partial charge in [-0.25, -0.2) is 4.68 Å². The Morgan fingerprint density at radius 2 is 1.86 bits per heavy atom. The number of carbonyl (C=O) groups is 1. The second-order valence-corrected chi connectivity index (χ2v) is 6.33. The van der Waals surface area contributed by atoms with Crippen molar-refractivity contribution in [3.8, 4) is 5.69 Å². The molecule has 1 aromatic carbocycles. The zero-order valence-corrected chi connectivity index (χ0v) is 12.7. The van der Waals surface area contributed by atoms with E-state index in [0.717, 1.165) is 43.4 Å². The van der Waals surface area contributed by atoms with Crippen molar-refractivity contribution in [1.29, 1.82) is 0 Å². The fourth-order valence-corrected chi connectivity index (χ4v) is 3.73. The summed E-state index contributed by atoms with van der Waals surface area (Å²) in [4.78, 5) is 12.6. The number of benzene rings is 1. The average molecular weight is 295 g/mol. The molecule has 0 saturated heterocycles. The Balaban J connectivity index is 1.67. The molecule has 1 fully saturated rings. The van der Waals surface area contributed by atoms with Crippen LogP contribution < -0.4 is 5.32 Å². The van der Waals surface area contributed by atoms with Crippen LogP contribution >= 0.6 is 0 Å². The van der Waals surface area contributed by atoms with Gasteiger partial charge in [-0.3, -0.25) is 4.79 Å². The highest BCUT2D eigenvalue weighted by Gasteiger charge is 2.28. The Kier molecular flexibility index (Phi) is 3.45. The van der Waals surface area contributed by atoms with E-state index in [1.54, 1.807) is 0 Å². The molecule has 2 aliphatic rings. The number of nitrogens with one attached hydrogen (secondary N) is 1. The summed E-state index contributed by atoms with van der Waals surface area (Å²) in [6, 6.07) is 10.5. The number of fused-ring (bicyclic) bond motifs is 1. The van der Waals surface area contributed by atoms with E-state index in [1.165, 1.54) is 18.5 Å². The van der Waals surface area contributed by atoms with Gasteiger partial charge in [0.25, 0.3) is 5.91 Å². The molecule has 114 valence electrons. The van der Waals surface area contributed by atoms with E-state index < -0.39 is 0 Å². The molecular weight excluding hydrogens is 274 g/mol. The highest BCUT2D eigenvalue weighted by Crippen LogP contribution is 2.28. The first-order chi connectivity index (χ1) is 10.8. The van der Waals surface area contributed by atoms with E-state index in [9.17, 15) is 4.79 Å². The third-order valence-corrected chi connectivity index (χ3v) is 4.84. The number of amides is 1. The minimum absolute atomic E-state index is 0.0136. The molecule has 1 N–H and O–H groups in total. The fraction of sp³-hybridized carbons (Fsp3) is 0.444. The number of hydrogen-bond donors (Lipinski definition) is 1. The van der Waals surface area contributed by atoms with Gasteiger partial charge in [-0.15, -0.1) is 0 Å². The van der Waals surface area contributed by atoms with E-state index in [-0.39, 0.29) is 5.91 Å². The summed E-state index contributed by atoms with van der Waals surface area (Å²) in [7, 11) is 0. The number of hydrogen-bond acceptors (Lipinski definition) is 2. The SMILES string of the molecule is O=C(NC1CCCC1)c1nn(-c2ccccc2)c2c1CCC2. The topological polar surface area (TPSA) is 46.9 Å². The predicted octanol–water partition coefficient (Wildman–Crippen LogP) is 3.03. The maximum Gasteiger partial charge on any atom is 0.272 e. The summed E-state index contributed by atoms with van der Waals surface area (Å²) in [6.45, 7) is 0. The van der Waals surface area contributed by atoms with Crippen molar-refractivity contribution in [2.24, 2.45) is 0 Å². The van der Waals surface area contributed by atoms with Crippen LogP contribution in [0.1, 0.15) is 53.8 Å². The highest BCUT2D eigenvalue weighted by atomic mass is 16.2. The van der Waals surface area contributed by atoms with Gasteiger partial charge < -0.3 is 5.32 Å². The van der Waals surface area contributed by atoms with Crippen molar-refractivity contribution >= 4 is 5.91 Å². The largest absolute Gasteiger partial charge is 0.348 e. The Labute approximate surface area is 130 Å². The molecule has 0 aliphatic heterocycles. The van der Waals surface area contributed by atoms with E-state index in [2.05, 4.69) is 10.4 Å². The predicted molar refractivity (Wildman–Crippen MR) is 85.3 cm³/mol. The molecule has 4 heteroatoms. The molecule has 4 rings (SSSR count). The zero-order chi connectivity index (χ0) is 14.9. The van der Waals surface area contributed by atoms with Crippen molar-refractivity contribution < 1.29 is 4.79 Å². The number of carbonyl (C=O) groups excluding carboxylic acids is 1. The minimum atomic E-state index is 0.0136. The molecule has 0 bridgehead atoms. The highest BCUT2D eigenvalue weighted by molar-refractivity contribution is 5.94. The number of rotatable bonds is 3. The molecule has 1 saturated carbocycles. The zero-order valence-electron chi connectivity index (χ0n) is 12.7. The second-order valence-electron chi connectivity index (χ2n) is 6.33. The lowest BCUT2D eigenvalue weighted by molar-refractivity contribution is 0.0931. The first-order valence-corrected chi connectivity index (χ1v) is 8.30. The van der Waals surface area contributed by atoms with Crippen LogP contribution in [0.3, 0.4) is 0 Å². The van der Waals surface area contributed by atoms with E-state index in [1.807, 2.05) is 35.0 Å². The van der Waals surface area contributed by atoms with Gasteiger partial charge in [0.2, 0.25) is 0 Å². The quantitative estimate of drug-likeness (QED) is 0.946. The third kappa shape index (κ3) is 2.32. The summed E-state index contributed by atoms with van der Waals surface area (Å²) in [6.07, 6.45) is 7.75. The standard InChI is InChI=1S/C18H21N3O/c22-18(19-13-7-4-5-8-13)17-15-11-6-12-16(15)21(20-17)14-9-2-1-3-10-14/h1-3,9-10,13H,4-8,11-12H2,(H,19,22). The molecule has 0 spiro atoms. The van der Waals surface area contributed by atoms with Crippen LogP contribution in [0.15, 0.2) is 30.3 Å². The molecule has 2 aliphatic carbocycles. The van der Waals surface area contributed by atoms with Crippen molar-refractivity contribution in [3.05, 3.63) is 47.3 Å². The molecule has 1 heterocycles. The molecule has 1 amide bonds. The lowest BCUT2D eigenvalue weighted by atomic mass is 10.1. The number of aromatic nitrogens is 2. The van der Waals surface area contributed by atoms with Crippen LogP contribution in [-0.4, -0.2) is 21.7 Å². The van der Waals surface area contributed by atoms with Crippen molar-refractivity contribution in [2.45, 2.75) is 51.0 Å². The van der Waals surface area contributed by atoms with Gasteiger partial charge in [-0.05, 0) is 44.2 Å². The molecule has 4 nitrogen and oxygen atoms in total. The van der Waals surface area contributed by atoms with Crippen LogP contribution in [-0.2, 0) is 12.8 Å². The minimum Gasteiger partial charge on any atom is -0.348 e. The van der Waals surface area contributed by atoms with E-state index in [4.69, 9.17) is 0 Å². The average Bonchev–Trinajstić information content (AvgIpc) is 3.25. The van der Waals surface area contributed by atoms with Crippen LogP contribution in [0.25, 0.3) is 5.69 Å². The van der Waals surface area contributed by atoms with Crippen molar-refractivity contribution in [2.75, 3.05) is 0 Å². The van der Waals surface area contributed by atoms with Crippen LogP contribution in [0.2, 0.25) is 0 Å². The Morgan fingerprint density at radius 3 is 2.64 bits per heavy atom. The number of para-hydroxylation sites is 1. The monoisotopic (exact) mass is 295 g/mol. The van der Waals surface area contributed by atoms with Crippen molar-refractivity contribution in [3.63, 3.8) is 0 Å². The van der Waals surface area contributed by atoms with E-state index in [0.29, 0.717) is 11.7 Å². The number of nitrogens with zero attached hydrogens (tertiary/aromatic N) is 2. The van der Waals surface area contributed by atoms with E-state index >= 15 is 0 Å². The summed E-state index contributed by atoms with van der Waals surface area (Å²) >= 11 is 0.